The SMILES string of the molecule is CCc1nc(CC)nc(-c2c(CC)c(CC)c(CC)c(CC)c2CC)n1. The van der Waals surface area contributed by atoms with Gasteiger partial charge in [-0.2, -0.15) is 0 Å². The Bertz CT molecular complexity index is 707. The minimum atomic E-state index is 0.847. The molecule has 0 bridgehead atoms. The average Bonchev–Trinajstić information content (AvgIpc) is 2.70. The van der Waals surface area contributed by atoms with E-state index in [4.69, 9.17) is 9.97 Å². The lowest BCUT2D eigenvalue weighted by Crippen LogP contribution is -2.13. The highest BCUT2D eigenvalue weighted by Crippen LogP contribution is 2.36. The Hall–Kier alpha value is -1.77. The first-order valence-corrected chi connectivity index (χ1v) is 10.5. The summed E-state index contributed by atoms with van der Waals surface area (Å²) in [7, 11) is 0. The maximum absolute atomic E-state index is 4.87. The quantitative estimate of drug-likeness (QED) is 0.631. The average molecular weight is 354 g/mol. The Morgan fingerprint density at radius 2 is 0.769 bits per heavy atom. The van der Waals surface area contributed by atoms with Crippen LogP contribution >= 0.6 is 0 Å². The highest BCUT2D eigenvalue weighted by molar-refractivity contribution is 5.71. The molecule has 1 aromatic carbocycles. The third-order valence-electron chi connectivity index (χ3n) is 5.41. The van der Waals surface area contributed by atoms with Crippen LogP contribution in [0, 0.1) is 0 Å². The maximum Gasteiger partial charge on any atom is 0.163 e. The van der Waals surface area contributed by atoms with Crippen LogP contribution in [0.3, 0.4) is 0 Å². The molecule has 0 radical (unpaired) electrons. The van der Waals surface area contributed by atoms with Crippen molar-refractivity contribution in [2.75, 3.05) is 0 Å². The molecule has 0 unspecified atom stereocenters. The van der Waals surface area contributed by atoms with Gasteiger partial charge < -0.3 is 0 Å². The van der Waals surface area contributed by atoms with Gasteiger partial charge in [-0.05, 0) is 59.9 Å². The van der Waals surface area contributed by atoms with Crippen LogP contribution in [0.2, 0.25) is 0 Å². The molecule has 3 nitrogen and oxygen atoms in total. The Kier molecular flexibility index (Phi) is 7.31. The van der Waals surface area contributed by atoms with E-state index in [1.165, 1.54) is 27.8 Å². The topological polar surface area (TPSA) is 38.7 Å². The largest absolute Gasteiger partial charge is 0.218 e. The molecule has 0 saturated carbocycles. The summed E-state index contributed by atoms with van der Waals surface area (Å²) in [5.74, 6) is 2.72. The number of rotatable bonds is 8. The molecule has 0 spiro atoms. The van der Waals surface area contributed by atoms with E-state index in [2.05, 4.69) is 53.5 Å². The number of aryl methyl sites for hydroxylation is 2. The fourth-order valence-electron chi connectivity index (χ4n) is 4.26. The van der Waals surface area contributed by atoms with Gasteiger partial charge in [0.2, 0.25) is 0 Å². The minimum absolute atomic E-state index is 0.847. The first-order chi connectivity index (χ1) is 12.6. The van der Waals surface area contributed by atoms with Crippen molar-refractivity contribution in [2.24, 2.45) is 0 Å². The van der Waals surface area contributed by atoms with Crippen molar-refractivity contribution in [2.45, 2.75) is 93.4 Å². The second-order valence-electron chi connectivity index (χ2n) is 6.73. The normalized spacial score (nSPS) is 11.2. The van der Waals surface area contributed by atoms with E-state index in [-0.39, 0.29) is 0 Å². The lowest BCUT2D eigenvalue weighted by Gasteiger charge is -2.24. The van der Waals surface area contributed by atoms with Gasteiger partial charge in [0, 0.05) is 18.4 Å². The smallest absolute Gasteiger partial charge is 0.163 e. The van der Waals surface area contributed by atoms with Gasteiger partial charge >= 0.3 is 0 Å². The van der Waals surface area contributed by atoms with Crippen LogP contribution in [0.4, 0.5) is 0 Å². The second-order valence-corrected chi connectivity index (χ2v) is 6.73. The zero-order valence-electron chi connectivity index (χ0n) is 17.8. The van der Waals surface area contributed by atoms with E-state index in [1.807, 2.05) is 0 Å². The predicted octanol–water partition coefficient (Wildman–Crippen LogP) is 5.48. The number of aromatic nitrogens is 3. The molecule has 0 saturated heterocycles. The van der Waals surface area contributed by atoms with E-state index in [0.29, 0.717) is 0 Å². The van der Waals surface area contributed by atoms with Crippen LogP contribution in [-0.2, 0) is 44.9 Å². The molecule has 0 aliphatic carbocycles. The predicted molar refractivity (Wildman–Crippen MR) is 111 cm³/mol. The van der Waals surface area contributed by atoms with Crippen LogP contribution in [0.15, 0.2) is 0 Å². The second kappa shape index (κ2) is 9.25. The van der Waals surface area contributed by atoms with E-state index < -0.39 is 0 Å². The molecule has 0 atom stereocenters. The van der Waals surface area contributed by atoms with Crippen LogP contribution in [-0.4, -0.2) is 15.0 Å². The summed E-state index contributed by atoms with van der Waals surface area (Å²) in [6, 6.07) is 0. The molecular weight excluding hydrogens is 318 g/mol. The van der Waals surface area contributed by atoms with Gasteiger partial charge in [-0.25, -0.2) is 15.0 Å². The van der Waals surface area contributed by atoms with Gasteiger partial charge in [-0.1, -0.05) is 48.5 Å². The van der Waals surface area contributed by atoms with Crippen molar-refractivity contribution in [3.8, 4) is 11.4 Å². The zero-order chi connectivity index (χ0) is 19.3. The zero-order valence-corrected chi connectivity index (χ0v) is 17.8. The molecule has 1 aromatic heterocycles. The van der Waals surface area contributed by atoms with Crippen LogP contribution < -0.4 is 0 Å². The molecule has 0 aliphatic rings. The van der Waals surface area contributed by atoms with Crippen molar-refractivity contribution in [3.05, 3.63) is 39.5 Å². The fraction of sp³-hybridized carbons (Fsp3) is 0.609. The van der Waals surface area contributed by atoms with E-state index >= 15 is 0 Å². The summed E-state index contributed by atoms with van der Waals surface area (Å²) >= 11 is 0. The van der Waals surface area contributed by atoms with Crippen molar-refractivity contribution in [1.29, 1.82) is 0 Å². The maximum atomic E-state index is 4.87. The molecule has 3 heteroatoms. The summed E-state index contributed by atoms with van der Waals surface area (Å²) in [5, 5.41) is 0. The lowest BCUT2D eigenvalue weighted by atomic mass is 9.81. The van der Waals surface area contributed by atoms with Crippen molar-refractivity contribution >= 4 is 0 Å². The van der Waals surface area contributed by atoms with Crippen molar-refractivity contribution in [1.82, 2.24) is 15.0 Å². The van der Waals surface area contributed by atoms with E-state index in [0.717, 1.165) is 62.4 Å². The molecule has 0 N–H and O–H groups in total. The minimum Gasteiger partial charge on any atom is -0.218 e. The highest BCUT2D eigenvalue weighted by atomic mass is 15.0. The molecule has 0 amide bonds. The molecule has 2 rings (SSSR count). The Morgan fingerprint density at radius 1 is 0.423 bits per heavy atom. The molecular formula is C23H35N3. The Labute approximate surface area is 159 Å². The summed E-state index contributed by atoms with van der Waals surface area (Å²) in [4.78, 5) is 14.3. The van der Waals surface area contributed by atoms with Gasteiger partial charge in [-0.3, -0.25) is 0 Å². The monoisotopic (exact) mass is 353 g/mol. The van der Waals surface area contributed by atoms with E-state index in [1.54, 1.807) is 5.56 Å². The Balaban J connectivity index is 2.95. The first kappa shape index (κ1) is 20.5. The summed E-state index contributed by atoms with van der Waals surface area (Å²) < 4.78 is 0. The molecule has 26 heavy (non-hydrogen) atoms. The fourth-order valence-corrected chi connectivity index (χ4v) is 4.26. The van der Waals surface area contributed by atoms with Crippen molar-refractivity contribution in [3.63, 3.8) is 0 Å². The van der Waals surface area contributed by atoms with Crippen LogP contribution in [0.25, 0.3) is 11.4 Å². The van der Waals surface area contributed by atoms with E-state index in [9.17, 15) is 0 Å². The van der Waals surface area contributed by atoms with Gasteiger partial charge in [0.1, 0.15) is 11.6 Å². The van der Waals surface area contributed by atoms with Gasteiger partial charge in [0.25, 0.3) is 0 Å². The third kappa shape index (κ3) is 3.67. The van der Waals surface area contributed by atoms with Gasteiger partial charge in [-0.15, -0.1) is 0 Å². The van der Waals surface area contributed by atoms with Gasteiger partial charge in [0.15, 0.2) is 5.82 Å². The molecule has 0 aliphatic heterocycles. The Morgan fingerprint density at radius 3 is 1.08 bits per heavy atom. The van der Waals surface area contributed by atoms with Crippen LogP contribution in [0.1, 0.15) is 87.9 Å². The number of hydrogen-bond acceptors (Lipinski definition) is 3. The molecule has 142 valence electrons. The van der Waals surface area contributed by atoms with Crippen LogP contribution in [0.5, 0.6) is 0 Å². The first-order valence-electron chi connectivity index (χ1n) is 10.5. The van der Waals surface area contributed by atoms with Crippen molar-refractivity contribution < 1.29 is 0 Å². The number of nitrogens with zero attached hydrogens (tertiary/aromatic N) is 3. The standard InChI is InChI=1S/C23H35N3/c1-8-15-16(9-2)18(11-4)22(19(12-5)17(15)10-3)23-25-20(13-6)24-21(14-7)26-23/h8-14H2,1-7H3. The highest BCUT2D eigenvalue weighted by Gasteiger charge is 2.22. The summed E-state index contributed by atoms with van der Waals surface area (Å²) in [5.41, 5.74) is 8.81. The summed E-state index contributed by atoms with van der Waals surface area (Å²) in [6.45, 7) is 15.6. The van der Waals surface area contributed by atoms with Gasteiger partial charge in [0.05, 0.1) is 0 Å². The number of hydrogen-bond donors (Lipinski definition) is 0. The number of benzene rings is 1. The third-order valence-corrected chi connectivity index (χ3v) is 5.41. The molecule has 1 heterocycles. The molecule has 0 fully saturated rings. The summed E-state index contributed by atoms with van der Waals surface area (Å²) in [6.07, 6.45) is 6.99. The molecule has 2 aromatic rings. The lowest BCUT2D eigenvalue weighted by molar-refractivity contribution is 0.825.